The number of pyridine rings is 1. The highest BCUT2D eigenvalue weighted by atomic mass is 32.1. The standard InChI is InChI=1S/C21H19N3OS/c1-15-6-5-11-22-20(15)23-21(25)18-14-19-17(10-13-26-19)24(18)12-9-16-7-3-2-4-8-16/h2-8,10-11,13-14H,9,12H2,1H3,(H,22,23,25). The lowest BCUT2D eigenvalue weighted by Crippen LogP contribution is -2.19. The SMILES string of the molecule is Cc1cccnc1NC(=O)c1cc2sccc2n1CCc1ccccc1. The summed E-state index contributed by atoms with van der Waals surface area (Å²) in [5.74, 6) is 0.486. The van der Waals surface area contributed by atoms with Crippen LogP contribution in [0.2, 0.25) is 0 Å². The van der Waals surface area contributed by atoms with E-state index in [4.69, 9.17) is 0 Å². The summed E-state index contributed by atoms with van der Waals surface area (Å²) in [7, 11) is 0. The highest BCUT2D eigenvalue weighted by Crippen LogP contribution is 2.26. The van der Waals surface area contributed by atoms with Crippen LogP contribution >= 0.6 is 11.3 Å². The van der Waals surface area contributed by atoms with Crippen molar-refractivity contribution in [2.24, 2.45) is 0 Å². The minimum absolute atomic E-state index is 0.122. The highest BCUT2D eigenvalue weighted by molar-refractivity contribution is 7.17. The maximum atomic E-state index is 12.9. The number of rotatable bonds is 5. The van der Waals surface area contributed by atoms with Gasteiger partial charge in [0.15, 0.2) is 0 Å². The number of nitrogens with one attached hydrogen (secondary N) is 1. The van der Waals surface area contributed by atoms with Gasteiger partial charge in [0, 0.05) is 12.7 Å². The zero-order valence-electron chi connectivity index (χ0n) is 14.5. The fraction of sp³-hybridized carbons (Fsp3) is 0.143. The molecule has 0 aliphatic carbocycles. The molecule has 5 heteroatoms. The van der Waals surface area contributed by atoms with Crippen molar-refractivity contribution in [3.8, 4) is 0 Å². The highest BCUT2D eigenvalue weighted by Gasteiger charge is 2.17. The Balaban J connectivity index is 1.63. The predicted molar refractivity (Wildman–Crippen MR) is 107 cm³/mol. The van der Waals surface area contributed by atoms with Crippen molar-refractivity contribution in [1.29, 1.82) is 0 Å². The third-order valence-electron chi connectivity index (χ3n) is 4.46. The Morgan fingerprint density at radius 2 is 2.00 bits per heavy atom. The molecular weight excluding hydrogens is 342 g/mol. The Kier molecular flexibility index (Phi) is 4.54. The van der Waals surface area contributed by atoms with Crippen molar-refractivity contribution < 1.29 is 4.79 Å². The summed E-state index contributed by atoms with van der Waals surface area (Å²) in [5, 5.41) is 5.01. The molecule has 0 atom stereocenters. The lowest BCUT2D eigenvalue weighted by Gasteiger charge is -2.11. The lowest BCUT2D eigenvalue weighted by molar-refractivity contribution is 0.101. The monoisotopic (exact) mass is 361 g/mol. The Bertz CT molecular complexity index is 1050. The maximum Gasteiger partial charge on any atom is 0.273 e. The minimum Gasteiger partial charge on any atom is -0.335 e. The number of carbonyl (C=O) groups is 1. The lowest BCUT2D eigenvalue weighted by atomic mass is 10.1. The molecule has 4 nitrogen and oxygen atoms in total. The molecule has 3 aromatic heterocycles. The van der Waals surface area contributed by atoms with E-state index < -0.39 is 0 Å². The van der Waals surface area contributed by atoms with Crippen molar-refractivity contribution in [2.45, 2.75) is 19.9 Å². The molecule has 1 aromatic carbocycles. The molecule has 1 N–H and O–H groups in total. The van der Waals surface area contributed by atoms with Crippen LogP contribution in [0.4, 0.5) is 5.82 Å². The molecule has 0 fully saturated rings. The van der Waals surface area contributed by atoms with Crippen LogP contribution in [-0.4, -0.2) is 15.5 Å². The number of aromatic nitrogens is 2. The molecule has 0 spiro atoms. The third kappa shape index (κ3) is 3.26. The molecule has 3 heterocycles. The van der Waals surface area contributed by atoms with Crippen molar-refractivity contribution >= 4 is 33.3 Å². The van der Waals surface area contributed by atoms with E-state index in [0.717, 1.165) is 28.7 Å². The summed E-state index contributed by atoms with van der Waals surface area (Å²) in [4.78, 5) is 17.2. The number of carbonyl (C=O) groups excluding carboxylic acids is 1. The average molecular weight is 361 g/mol. The number of anilines is 1. The summed E-state index contributed by atoms with van der Waals surface area (Å²) in [5.41, 5.74) is 3.99. The second-order valence-electron chi connectivity index (χ2n) is 6.21. The van der Waals surface area contributed by atoms with Gasteiger partial charge in [-0.05, 0) is 48.1 Å². The molecule has 0 saturated carbocycles. The Morgan fingerprint density at radius 1 is 1.15 bits per heavy atom. The maximum absolute atomic E-state index is 12.9. The van der Waals surface area contributed by atoms with E-state index in [-0.39, 0.29) is 5.91 Å². The van der Waals surface area contributed by atoms with E-state index in [2.05, 4.69) is 38.4 Å². The molecule has 0 saturated heterocycles. The first-order valence-electron chi connectivity index (χ1n) is 8.56. The number of amides is 1. The molecular formula is C21H19N3OS. The smallest absolute Gasteiger partial charge is 0.273 e. The van der Waals surface area contributed by atoms with Gasteiger partial charge in [0.05, 0.1) is 10.2 Å². The Labute approximate surface area is 156 Å². The molecule has 26 heavy (non-hydrogen) atoms. The number of benzene rings is 1. The van der Waals surface area contributed by atoms with E-state index in [9.17, 15) is 4.79 Å². The molecule has 0 radical (unpaired) electrons. The number of hydrogen-bond donors (Lipinski definition) is 1. The summed E-state index contributed by atoms with van der Waals surface area (Å²) >= 11 is 1.65. The molecule has 1 amide bonds. The van der Waals surface area contributed by atoms with E-state index in [1.165, 1.54) is 5.56 Å². The van der Waals surface area contributed by atoms with Crippen molar-refractivity contribution in [2.75, 3.05) is 5.32 Å². The molecule has 0 aliphatic heterocycles. The first kappa shape index (κ1) is 16.5. The Morgan fingerprint density at radius 3 is 2.81 bits per heavy atom. The Hall–Kier alpha value is -2.92. The van der Waals surface area contributed by atoms with Crippen LogP contribution < -0.4 is 5.32 Å². The fourth-order valence-electron chi connectivity index (χ4n) is 3.08. The summed E-state index contributed by atoms with van der Waals surface area (Å²) in [6.45, 7) is 2.70. The first-order valence-corrected chi connectivity index (χ1v) is 9.44. The molecule has 4 rings (SSSR count). The largest absolute Gasteiger partial charge is 0.335 e. The number of hydrogen-bond acceptors (Lipinski definition) is 3. The third-order valence-corrected chi connectivity index (χ3v) is 5.32. The van der Waals surface area contributed by atoms with Crippen molar-refractivity contribution in [1.82, 2.24) is 9.55 Å². The summed E-state index contributed by atoms with van der Waals surface area (Å²) in [6, 6.07) is 18.2. The fourth-order valence-corrected chi connectivity index (χ4v) is 3.90. The van der Waals surface area contributed by atoms with E-state index in [0.29, 0.717) is 11.5 Å². The zero-order valence-corrected chi connectivity index (χ0v) is 15.3. The number of nitrogens with zero attached hydrogens (tertiary/aromatic N) is 2. The number of aryl methyl sites for hydroxylation is 3. The second-order valence-corrected chi connectivity index (χ2v) is 7.16. The normalized spacial score (nSPS) is 11.0. The van der Waals surface area contributed by atoms with Gasteiger partial charge in [0.2, 0.25) is 0 Å². The van der Waals surface area contributed by atoms with Crippen molar-refractivity contribution in [3.05, 3.63) is 83.0 Å². The van der Waals surface area contributed by atoms with Gasteiger partial charge in [0.1, 0.15) is 11.5 Å². The van der Waals surface area contributed by atoms with Crippen LogP contribution in [0, 0.1) is 6.92 Å². The average Bonchev–Trinajstić information content (AvgIpc) is 3.24. The molecule has 0 bridgehead atoms. The van der Waals surface area contributed by atoms with Crippen molar-refractivity contribution in [3.63, 3.8) is 0 Å². The predicted octanol–water partition coefficient (Wildman–Crippen LogP) is 4.90. The van der Waals surface area contributed by atoms with E-state index in [1.54, 1.807) is 17.5 Å². The van der Waals surface area contributed by atoms with E-state index in [1.807, 2.05) is 43.3 Å². The van der Waals surface area contributed by atoms with Gasteiger partial charge in [0.25, 0.3) is 5.91 Å². The molecule has 4 aromatic rings. The second kappa shape index (κ2) is 7.14. The molecule has 0 aliphatic rings. The summed E-state index contributed by atoms with van der Waals surface area (Å²) in [6.07, 6.45) is 2.57. The van der Waals surface area contributed by atoms with Gasteiger partial charge in [-0.2, -0.15) is 0 Å². The van der Waals surface area contributed by atoms with Gasteiger partial charge in [-0.1, -0.05) is 36.4 Å². The molecule has 130 valence electrons. The van der Waals surface area contributed by atoms with Crippen LogP contribution in [0.5, 0.6) is 0 Å². The minimum atomic E-state index is -0.122. The van der Waals surface area contributed by atoms with Crippen LogP contribution in [-0.2, 0) is 13.0 Å². The van der Waals surface area contributed by atoms with Crippen LogP contribution in [0.15, 0.2) is 66.2 Å². The molecule has 0 unspecified atom stereocenters. The number of thiophene rings is 1. The zero-order chi connectivity index (χ0) is 17.9. The van der Waals surface area contributed by atoms with Crippen LogP contribution in [0.25, 0.3) is 10.2 Å². The van der Waals surface area contributed by atoms with E-state index >= 15 is 0 Å². The van der Waals surface area contributed by atoms with Gasteiger partial charge in [-0.15, -0.1) is 11.3 Å². The quantitative estimate of drug-likeness (QED) is 0.549. The van der Waals surface area contributed by atoms with Crippen LogP contribution in [0.1, 0.15) is 21.6 Å². The first-order chi connectivity index (χ1) is 12.7. The van der Waals surface area contributed by atoms with Gasteiger partial charge in [-0.3, -0.25) is 4.79 Å². The van der Waals surface area contributed by atoms with Gasteiger partial charge in [-0.25, -0.2) is 4.98 Å². The van der Waals surface area contributed by atoms with Crippen LogP contribution in [0.3, 0.4) is 0 Å². The van der Waals surface area contributed by atoms with Gasteiger partial charge >= 0.3 is 0 Å². The van der Waals surface area contributed by atoms with Gasteiger partial charge < -0.3 is 9.88 Å². The topological polar surface area (TPSA) is 46.9 Å². The number of fused-ring (bicyclic) bond motifs is 1. The summed E-state index contributed by atoms with van der Waals surface area (Å²) < 4.78 is 3.23.